The summed E-state index contributed by atoms with van der Waals surface area (Å²) in [5, 5.41) is 8.02. The lowest BCUT2D eigenvalue weighted by Crippen LogP contribution is -2.35. The van der Waals surface area contributed by atoms with E-state index >= 15 is 0 Å². The van der Waals surface area contributed by atoms with Crippen molar-refractivity contribution in [3.8, 4) is 0 Å². The van der Waals surface area contributed by atoms with Crippen molar-refractivity contribution in [3.63, 3.8) is 0 Å². The Bertz CT molecular complexity index is 374. The molecule has 0 spiro atoms. The molecule has 0 unspecified atom stereocenters. The van der Waals surface area contributed by atoms with Gasteiger partial charge in [-0.3, -0.25) is 0 Å². The van der Waals surface area contributed by atoms with Crippen LogP contribution in [0.4, 0.5) is 9.59 Å². The summed E-state index contributed by atoms with van der Waals surface area (Å²) in [6, 6.07) is -0.143. The molecule has 0 bridgehead atoms. The minimum atomic E-state index is -0.546. The number of alkyl carbamates (subject to hydrolysis) is 1. The Morgan fingerprint density at radius 1 is 0.913 bits per heavy atom. The maximum Gasteiger partial charge on any atom is 0.407 e. The van der Waals surface area contributed by atoms with E-state index in [1.807, 2.05) is 6.92 Å². The van der Waals surface area contributed by atoms with Gasteiger partial charge in [-0.1, -0.05) is 19.4 Å². The number of carbonyl (C=O) groups excluding carboxylic acids is 3. The molecule has 0 aromatic rings. The van der Waals surface area contributed by atoms with E-state index in [0.717, 1.165) is 31.8 Å². The molecule has 8 heteroatoms. The van der Waals surface area contributed by atoms with Gasteiger partial charge in [0.1, 0.15) is 13.2 Å². The molecule has 0 rings (SSSR count). The molecule has 8 nitrogen and oxygen atoms in total. The van der Waals surface area contributed by atoms with Gasteiger partial charge in [-0.25, -0.2) is 14.4 Å². The van der Waals surface area contributed by atoms with E-state index in [4.69, 9.17) is 4.74 Å². The van der Waals surface area contributed by atoms with Gasteiger partial charge in [0.15, 0.2) is 0 Å². The molecule has 0 aromatic carbocycles. The molecule has 0 radical (unpaired) electrons. The molecule has 0 saturated heterocycles. The quantitative estimate of drug-likeness (QED) is 0.284. The molecule has 0 atom stereocenters. The average molecular weight is 329 g/mol. The molecule has 0 heterocycles. The summed E-state index contributed by atoms with van der Waals surface area (Å²) in [7, 11) is 0. The Morgan fingerprint density at radius 2 is 1.52 bits per heavy atom. The molecular formula is C15H27N3O5. The third-order valence-electron chi connectivity index (χ3n) is 2.72. The maximum absolute atomic E-state index is 11.3. The van der Waals surface area contributed by atoms with E-state index in [9.17, 15) is 14.4 Å². The van der Waals surface area contributed by atoms with Crippen LogP contribution in [0.1, 0.15) is 32.6 Å². The third-order valence-corrected chi connectivity index (χ3v) is 2.72. The van der Waals surface area contributed by atoms with Gasteiger partial charge < -0.3 is 25.4 Å². The number of nitrogens with one attached hydrogen (secondary N) is 3. The molecule has 3 N–H and O–H groups in total. The highest BCUT2D eigenvalue weighted by Gasteiger charge is 2.02. The second-order valence-electron chi connectivity index (χ2n) is 4.63. The Kier molecular flexibility index (Phi) is 13.2. The normalized spacial score (nSPS) is 9.61. The van der Waals surface area contributed by atoms with Crippen molar-refractivity contribution in [2.45, 2.75) is 32.6 Å². The first-order valence-corrected chi connectivity index (χ1v) is 7.81. The summed E-state index contributed by atoms with van der Waals surface area (Å²) in [6.07, 6.45) is 4.18. The van der Waals surface area contributed by atoms with Gasteiger partial charge in [-0.2, -0.15) is 0 Å². The van der Waals surface area contributed by atoms with Crippen LogP contribution in [0.15, 0.2) is 12.7 Å². The number of urea groups is 1. The van der Waals surface area contributed by atoms with E-state index in [1.165, 1.54) is 0 Å². The minimum Gasteiger partial charge on any atom is -0.459 e. The number of hydrogen-bond acceptors (Lipinski definition) is 5. The van der Waals surface area contributed by atoms with E-state index < -0.39 is 12.1 Å². The maximum atomic E-state index is 11.3. The van der Waals surface area contributed by atoms with Crippen molar-refractivity contribution in [1.29, 1.82) is 0 Å². The van der Waals surface area contributed by atoms with Gasteiger partial charge in [0, 0.05) is 25.7 Å². The molecule has 0 saturated carbocycles. The minimum absolute atomic E-state index is 0.0108. The topological polar surface area (TPSA) is 106 Å². The van der Waals surface area contributed by atoms with Gasteiger partial charge >= 0.3 is 18.1 Å². The van der Waals surface area contributed by atoms with E-state index in [1.54, 1.807) is 0 Å². The molecular weight excluding hydrogens is 302 g/mol. The zero-order valence-corrected chi connectivity index (χ0v) is 13.7. The van der Waals surface area contributed by atoms with Crippen molar-refractivity contribution in [2.75, 3.05) is 32.8 Å². The molecule has 0 fully saturated rings. The molecule has 132 valence electrons. The number of unbranched alkanes of at least 4 members (excludes halogenated alkanes) is 3. The first-order chi connectivity index (χ1) is 11.1. The monoisotopic (exact) mass is 329 g/mol. The van der Waals surface area contributed by atoms with Gasteiger partial charge in [-0.05, 0) is 19.8 Å². The largest absolute Gasteiger partial charge is 0.459 e. The molecule has 3 amide bonds. The summed E-state index contributed by atoms with van der Waals surface area (Å²) >= 11 is 0. The number of carbonyl (C=O) groups is 3. The first-order valence-electron chi connectivity index (χ1n) is 7.81. The first kappa shape index (κ1) is 20.8. The number of amides is 3. The number of ether oxygens (including phenoxy) is 2. The lowest BCUT2D eigenvalue weighted by molar-refractivity contribution is -0.138. The van der Waals surface area contributed by atoms with Gasteiger partial charge in [0.2, 0.25) is 0 Å². The van der Waals surface area contributed by atoms with Crippen LogP contribution in [0, 0.1) is 0 Å². The van der Waals surface area contributed by atoms with Crippen LogP contribution in [0.2, 0.25) is 0 Å². The predicted molar refractivity (Wildman–Crippen MR) is 86.1 cm³/mol. The van der Waals surface area contributed by atoms with Crippen LogP contribution in [-0.4, -0.2) is 50.9 Å². The van der Waals surface area contributed by atoms with Crippen molar-refractivity contribution in [1.82, 2.24) is 16.0 Å². The van der Waals surface area contributed by atoms with Gasteiger partial charge in [-0.15, -0.1) is 0 Å². The van der Waals surface area contributed by atoms with Crippen LogP contribution in [0.3, 0.4) is 0 Å². The van der Waals surface area contributed by atoms with E-state index in [2.05, 4.69) is 27.3 Å². The summed E-state index contributed by atoms with van der Waals surface area (Å²) in [5.74, 6) is -0.546. The summed E-state index contributed by atoms with van der Waals surface area (Å²) in [6.45, 7) is 6.92. The van der Waals surface area contributed by atoms with E-state index in [-0.39, 0.29) is 19.2 Å². The van der Waals surface area contributed by atoms with Crippen LogP contribution in [-0.2, 0) is 14.3 Å². The lowest BCUT2D eigenvalue weighted by Gasteiger charge is -2.07. The molecule has 0 aromatic heterocycles. The smallest absolute Gasteiger partial charge is 0.407 e. The molecule has 0 aliphatic heterocycles. The van der Waals surface area contributed by atoms with Crippen LogP contribution in [0.5, 0.6) is 0 Å². The Morgan fingerprint density at radius 3 is 2.13 bits per heavy atom. The van der Waals surface area contributed by atoms with Crippen LogP contribution >= 0.6 is 0 Å². The highest BCUT2D eigenvalue weighted by molar-refractivity contribution is 5.81. The average Bonchev–Trinajstić information content (AvgIpc) is 2.54. The van der Waals surface area contributed by atoms with Crippen molar-refractivity contribution in [2.24, 2.45) is 0 Å². The van der Waals surface area contributed by atoms with Gasteiger partial charge in [0.05, 0.1) is 0 Å². The van der Waals surface area contributed by atoms with Crippen LogP contribution in [0.25, 0.3) is 0 Å². The van der Waals surface area contributed by atoms with Gasteiger partial charge in [0.25, 0.3) is 0 Å². The fourth-order valence-corrected chi connectivity index (χ4v) is 1.61. The Labute approximate surface area is 137 Å². The Balaban J connectivity index is 3.31. The zero-order valence-electron chi connectivity index (χ0n) is 13.7. The standard InChI is InChI=1S/C15H27N3O5/c1-3-13(19)22-11-12-23-15(21)18-10-8-6-5-7-9-17-14(20)16-4-2/h3H,1,4-12H2,2H3,(H,18,21)(H2,16,17,20). The van der Waals surface area contributed by atoms with Crippen molar-refractivity contribution < 1.29 is 23.9 Å². The van der Waals surface area contributed by atoms with Crippen molar-refractivity contribution in [3.05, 3.63) is 12.7 Å². The fourth-order valence-electron chi connectivity index (χ4n) is 1.61. The fraction of sp³-hybridized carbons (Fsp3) is 0.667. The lowest BCUT2D eigenvalue weighted by atomic mass is 10.2. The SMILES string of the molecule is C=CC(=O)OCCOC(=O)NCCCCCCNC(=O)NCC. The zero-order chi connectivity index (χ0) is 17.3. The van der Waals surface area contributed by atoms with Crippen LogP contribution < -0.4 is 16.0 Å². The summed E-state index contributed by atoms with van der Waals surface area (Å²) < 4.78 is 9.47. The Hall–Kier alpha value is -2.25. The summed E-state index contributed by atoms with van der Waals surface area (Å²) in [4.78, 5) is 33.1. The highest BCUT2D eigenvalue weighted by atomic mass is 16.6. The van der Waals surface area contributed by atoms with E-state index in [0.29, 0.717) is 19.6 Å². The van der Waals surface area contributed by atoms with Crippen molar-refractivity contribution >= 4 is 18.1 Å². The number of esters is 1. The second-order valence-corrected chi connectivity index (χ2v) is 4.63. The number of rotatable bonds is 12. The summed E-state index contributed by atoms with van der Waals surface area (Å²) in [5.41, 5.74) is 0. The molecule has 0 aliphatic rings. The molecule has 0 aliphatic carbocycles. The highest BCUT2D eigenvalue weighted by Crippen LogP contribution is 1.98. The second kappa shape index (κ2) is 14.7. The molecule has 23 heavy (non-hydrogen) atoms. The number of hydrogen-bond donors (Lipinski definition) is 3. The third kappa shape index (κ3) is 14.5. The predicted octanol–water partition coefficient (Wildman–Crippen LogP) is 1.32.